The average Bonchev–Trinajstić information content (AvgIpc) is 2.25. The zero-order valence-corrected chi connectivity index (χ0v) is 9.96. The number of alkyl halides is 3. The van der Waals surface area contributed by atoms with Crippen molar-refractivity contribution in [2.24, 2.45) is 5.92 Å². The zero-order valence-electron chi connectivity index (χ0n) is 9.96. The van der Waals surface area contributed by atoms with Gasteiger partial charge in [0.25, 0.3) is 0 Å². The summed E-state index contributed by atoms with van der Waals surface area (Å²) >= 11 is 0. The molecule has 96 valence electrons. The molecule has 0 spiro atoms. The fourth-order valence-corrected chi connectivity index (χ4v) is 1.55. The Balaban J connectivity index is 2.67. The molecule has 0 aliphatic rings. The number of aliphatic hydroxyl groups is 1. The van der Waals surface area contributed by atoms with Gasteiger partial charge in [-0.15, -0.1) is 0 Å². The number of benzene rings is 1. The maximum absolute atomic E-state index is 12.3. The molecule has 0 saturated carbocycles. The predicted molar refractivity (Wildman–Crippen MR) is 60.5 cm³/mol. The minimum atomic E-state index is -4.32. The fourth-order valence-electron chi connectivity index (χ4n) is 1.55. The summed E-state index contributed by atoms with van der Waals surface area (Å²) in [4.78, 5) is 0. The number of halogens is 3. The van der Waals surface area contributed by atoms with Gasteiger partial charge in [0.15, 0.2) is 0 Å². The molecular formula is C13H17F3O. The van der Waals surface area contributed by atoms with Gasteiger partial charge < -0.3 is 5.11 Å². The second-order valence-corrected chi connectivity index (χ2v) is 4.61. The van der Waals surface area contributed by atoms with Gasteiger partial charge in [-0.3, -0.25) is 0 Å². The van der Waals surface area contributed by atoms with Crippen LogP contribution in [0.5, 0.6) is 0 Å². The van der Waals surface area contributed by atoms with Crippen molar-refractivity contribution in [1.82, 2.24) is 0 Å². The molecule has 0 radical (unpaired) electrons. The Labute approximate surface area is 99.3 Å². The third-order valence-electron chi connectivity index (χ3n) is 2.64. The van der Waals surface area contributed by atoms with Gasteiger partial charge in [0.05, 0.1) is 11.7 Å². The van der Waals surface area contributed by atoms with Gasteiger partial charge in [-0.2, -0.15) is 13.2 Å². The molecule has 17 heavy (non-hydrogen) atoms. The molecule has 0 bridgehead atoms. The van der Waals surface area contributed by atoms with Crippen LogP contribution in [0, 0.1) is 5.92 Å². The van der Waals surface area contributed by atoms with Crippen LogP contribution < -0.4 is 0 Å². The lowest BCUT2D eigenvalue weighted by atomic mass is 9.99. The highest BCUT2D eigenvalue weighted by molar-refractivity contribution is 5.25. The Hall–Kier alpha value is -1.03. The van der Waals surface area contributed by atoms with Gasteiger partial charge >= 0.3 is 6.18 Å². The number of hydrogen-bond donors (Lipinski definition) is 1. The molecule has 0 aliphatic carbocycles. The summed E-state index contributed by atoms with van der Waals surface area (Å²) in [5.41, 5.74) is -0.143. The van der Waals surface area contributed by atoms with E-state index in [0.717, 1.165) is 18.6 Å². The first kappa shape index (κ1) is 14.0. The van der Waals surface area contributed by atoms with E-state index in [0.29, 0.717) is 17.9 Å². The van der Waals surface area contributed by atoms with E-state index in [2.05, 4.69) is 0 Å². The molecule has 1 aromatic carbocycles. The van der Waals surface area contributed by atoms with Crippen LogP contribution in [0.25, 0.3) is 0 Å². The minimum absolute atomic E-state index is 0.471. The summed E-state index contributed by atoms with van der Waals surface area (Å²) in [6.07, 6.45) is -3.58. The van der Waals surface area contributed by atoms with E-state index >= 15 is 0 Å². The van der Waals surface area contributed by atoms with E-state index in [1.807, 2.05) is 13.8 Å². The summed E-state index contributed by atoms with van der Waals surface area (Å²) in [5, 5.41) is 9.78. The van der Waals surface area contributed by atoms with Crippen molar-refractivity contribution >= 4 is 0 Å². The lowest BCUT2D eigenvalue weighted by molar-refractivity contribution is -0.137. The molecule has 0 fully saturated rings. The van der Waals surface area contributed by atoms with Crippen LogP contribution in [0.4, 0.5) is 13.2 Å². The van der Waals surface area contributed by atoms with E-state index in [1.165, 1.54) is 12.1 Å². The lowest BCUT2D eigenvalue weighted by Crippen LogP contribution is -2.06. The molecule has 4 heteroatoms. The van der Waals surface area contributed by atoms with Crippen LogP contribution >= 0.6 is 0 Å². The van der Waals surface area contributed by atoms with Crippen molar-refractivity contribution in [2.45, 2.75) is 39.0 Å². The Morgan fingerprint density at radius 2 is 1.59 bits per heavy atom. The topological polar surface area (TPSA) is 20.2 Å². The molecule has 0 heterocycles. The fraction of sp³-hybridized carbons (Fsp3) is 0.538. The van der Waals surface area contributed by atoms with Crippen molar-refractivity contribution < 1.29 is 18.3 Å². The third-order valence-corrected chi connectivity index (χ3v) is 2.64. The molecule has 0 saturated heterocycles. The number of aliphatic hydroxyl groups excluding tert-OH is 1. The van der Waals surface area contributed by atoms with E-state index < -0.39 is 17.8 Å². The molecule has 0 amide bonds. The van der Waals surface area contributed by atoms with Crippen molar-refractivity contribution in [3.05, 3.63) is 35.4 Å². The molecule has 1 aromatic rings. The smallest absolute Gasteiger partial charge is 0.388 e. The standard InChI is InChI=1S/C13H17F3O/c1-9(2)3-8-12(17)10-4-6-11(7-5-10)13(14,15)16/h4-7,9,12,17H,3,8H2,1-2H3/t12-/m1/s1. The normalized spacial score (nSPS) is 14.1. The van der Waals surface area contributed by atoms with Gasteiger partial charge in [0.2, 0.25) is 0 Å². The van der Waals surface area contributed by atoms with Crippen molar-refractivity contribution in [3.63, 3.8) is 0 Å². The second-order valence-electron chi connectivity index (χ2n) is 4.61. The van der Waals surface area contributed by atoms with Gasteiger partial charge in [0.1, 0.15) is 0 Å². The molecule has 0 aromatic heterocycles. The summed E-state index contributed by atoms with van der Waals surface area (Å²) < 4.78 is 36.9. The summed E-state index contributed by atoms with van der Waals surface area (Å²) in [6, 6.07) is 4.70. The molecular weight excluding hydrogens is 229 g/mol. The first-order valence-electron chi connectivity index (χ1n) is 5.66. The van der Waals surface area contributed by atoms with Crippen molar-refractivity contribution in [3.8, 4) is 0 Å². The van der Waals surface area contributed by atoms with Gasteiger partial charge in [-0.05, 0) is 36.5 Å². The molecule has 1 N–H and O–H groups in total. The van der Waals surface area contributed by atoms with Crippen LogP contribution in [0.2, 0.25) is 0 Å². The quantitative estimate of drug-likeness (QED) is 0.845. The first-order valence-corrected chi connectivity index (χ1v) is 5.66. The number of rotatable bonds is 4. The Morgan fingerprint density at radius 1 is 1.06 bits per heavy atom. The van der Waals surface area contributed by atoms with E-state index in [4.69, 9.17) is 0 Å². The third kappa shape index (κ3) is 4.38. The Kier molecular flexibility index (Phi) is 4.57. The van der Waals surface area contributed by atoms with Crippen molar-refractivity contribution in [1.29, 1.82) is 0 Å². The lowest BCUT2D eigenvalue weighted by Gasteiger charge is -2.13. The van der Waals surface area contributed by atoms with Crippen LogP contribution in [-0.2, 0) is 6.18 Å². The number of hydrogen-bond acceptors (Lipinski definition) is 1. The van der Waals surface area contributed by atoms with E-state index in [1.54, 1.807) is 0 Å². The van der Waals surface area contributed by atoms with E-state index in [-0.39, 0.29) is 0 Å². The Morgan fingerprint density at radius 3 is 2.00 bits per heavy atom. The highest BCUT2D eigenvalue weighted by atomic mass is 19.4. The summed E-state index contributed by atoms with van der Waals surface area (Å²) in [6.45, 7) is 4.08. The molecule has 0 unspecified atom stereocenters. The second kappa shape index (κ2) is 5.54. The van der Waals surface area contributed by atoms with E-state index in [9.17, 15) is 18.3 Å². The SMILES string of the molecule is CC(C)CC[C@@H](O)c1ccc(C(F)(F)F)cc1. The largest absolute Gasteiger partial charge is 0.416 e. The minimum Gasteiger partial charge on any atom is -0.388 e. The van der Waals surface area contributed by atoms with Crippen LogP contribution in [0.1, 0.15) is 43.9 Å². The summed E-state index contributed by atoms with van der Waals surface area (Å²) in [7, 11) is 0. The summed E-state index contributed by atoms with van der Waals surface area (Å²) in [5.74, 6) is 0.471. The molecule has 1 rings (SSSR count). The molecule has 1 nitrogen and oxygen atoms in total. The highest BCUT2D eigenvalue weighted by Gasteiger charge is 2.30. The zero-order chi connectivity index (χ0) is 13.1. The maximum Gasteiger partial charge on any atom is 0.416 e. The average molecular weight is 246 g/mol. The maximum atomic E-state index is 12.3. The molecule has 1 atom stereocenters. The Bertz CT molecular complexity index is 341. The van der Waals surface area contributed by atoms with Crippen LogP contribution in [-0.4, -0.2) is 5.11 Å². The highest BCUT2D eigenvalue weighted by Crippen LogP contribution is 2.30. The predicted octanol–water partition coefficient (Wildman–Crippen LogP) is 4.18. The van der Waals surface area contributed by atoms with Gasteiger partial charge in [0, 0.05) is 0 Å². The van der Waals surface area contributed by atoms with Crippen LogP contribution in [0.3, 0.4) is 0 Å². The van der Waals surface area contributed by atoms with Gasteiger partial charge in [-0.25, -0.2) is 0 Å². The van der Waals surface area contributed by atoms with Crippen LogP contribution in [0.15, 0.2) is 24.3 Å². The van der Waals surface area contributed by atoms with Crippen molar-refractivity contribution in [2.75, 3.05) is 0 Å². The molecule has 0 aliphatic heterocycles. The van der Waals surface area contributed by atoms with Gasteiger partial charge in [-0.1, -0.05) is 26.0 Å². The monoisotopic (exact) mass is 246 g/mol. The first-order chi connectivity index (χ1) is 7.80.